The van der Waals surface area contributed by atoms with Gasteiger partial charge in [0, 0.05) is 17.5 Å². The van der Waals surface area contributed by atoms with Gasteiger partial charge in [-0.3, -0.25) is 0 Å². The molecule has 0 aliphatic rings. The molecule has 3 rings (SSSR count). The molecule has 0 N–H and O–H groups in total. The van der Waals surface area contributed by atoms with Crippen LogP contribution in [0.1, 0.15) is 0 Å². The second-order valence-electron chi connectivity index (χ2n) is 5.35. The minimum absolute atomic E-state index is 0.122. The summed E-state index contributed by atoms with van der Waals surface area (Å²) in [4.78, 5) is 11.8. The van der Waals surface area contributed by atoms with Gasteiger partial charge in [0.15, 0.2) is 0 Å². The SMILES string of the molecule is COc1ccc(-c2cc(=O)oc3cc(OS(=O)(=O)C(F)(F)F)ccc23)cc1. The van der Waals surface area contributed by atoms with Gasteiger partial charge < -0.3 is 13.3 Å². The molecule has 0 bridgehead atoms. The second kappa shape index (κ2) is 6.62. The molecule has 2 aromatic carbocycles. The maximum atomic E-state index is 12.4. The van der Waals surface area contributed by atoms with Crippen LogP contribution >= 0.6 is 0 Å². The van der Waals surface area contributed by atoms with E-state index in [0.29, 0.717) is 22.3 Å². The molecule has 0 amide bonds. The Morgan fingerprint density at radius 2 is 1.59 bits per heavy atom. The molecule has 0 aliphatic heterocycles. The van der Waals surface area contributed by atoms with Crippen LogP contribution in [0.4, 0.5) is 13.2 Å². The van der Waals surface area contributed by atoms with Crippen molar-refractivity contribution in [3.05, 3.63) is 59.0 Å². The molecule has 0 radical (unpaired) electrons. The van der Waals surface area contributed by atoms with Gasteiger partial charge in [0.1, 0.15) is 17.1 Å². The minimum atomic E-state index is -5.83. The fraction of sp³-hybridized carbons (Fsp3) is 0.118. The van der Waals surface area contributed by atoms with Crippen LogP contribution in [0.15, 0.2) is 57.7 Å². The van der Waals surface area contributed by atoms with Crippen molar-refractivity contribution in [1.29, 1.82) is 0 Å². The smallest absolute Gasteiger partial charge is 0.497 e. The maximum absolute atomic E-state index is 12.4. The molecule has 142 valence electrons. The first kappa shape index (κ1) is 18.8. The first-order valence-corrected chi connectivity index (χ1v) is 8.74. The fourth-order valence-corrected chi connectivity index (χ4v) is 2.83. The average molecular weight is 400 g/mol. The summed E-state index contributed by atoms with van der Waals surface area (Å²) in [5.41, 5.74) is -5.37. The van der Waals surface area contributed by atoms with Crippen molar-refractivity contribution >= 4 is 21.1 Å². The Balaban J connectivity index is 2.10. The van der Waals surface area contributed by atoms with Crippen molar-refractivity contribution < 1.29 is 34.9 Å². The van der Waals surface area contributed by atoms with Crippen LogP contribution < -0.4 is 14.5 Å². The largest absolute Gasteiger partial charge is 0.534 e. The number of rotatable bonds is 4. The summed E-state index contributed by atoms with van der Waals surface area (Å²) in [7, 11) is -4.34. The third-order valence-corrected chi connectivity index (χ3v) is 4.59. The molecule has 10 heteroatoms. The summed E-state index contributed by atoms with van der Waals surface area (Å²) in [6.45, 7) is 0. The lowest BCUT2D eigenvalue weighted by molar-refractivity contribution is -0.0500. The van der Waals surface area contributed by atoms with Crippen LogP contribution in [-0.2, 0) is 10.1 Å². The van der Waals surface area contributed by atoms with Crippen molar-refractivity contribution in [1.82, 2.24) is 0 Å². The number of hydrogen-bond donors (Lipinski definition) is 0. The van der Waals surface area contributed by atoms with Crippen molar-refractivity contribution in [3.63, 3.8) is 0 Å². The Bertz CT molecular complexity index is 1150. The zero-order chi connectivity index (χ0) is 19.8. The molecular weight excluding hydrogens is 389 g/mol. The highest BCUT2D eigenvalue weighted by Crippen LogP contribution is 2.32. The molecule has 0 aliphatic carbocycles. The molecule has 27 heavy (non-hydrogen) atoms. The monoisotopic (exact) mass is 400 g/mol. The van der Waals surface area contributed by atoms with Gasteiger partial charge in [-0.2, -0.15) is 21.6 Å². The average Bonchev–Trinajstić information content (AvgIpc) is 2.59. The van der Waals surface area contributed by atoms with E-state index in [1.165, 1.54) is 19.2 Å². The first-order chi connectivity index (χ1) is 12.6. The highest BCUT2D eigenvalue weighted by atomic mass is 32.2. The Hall–Kier alpha value is -3.01. The molecule has 0 unspecified atom stereocenters. The summed E-state index contributed by atoms with van der Waals surface area (Å²) in [6.07, 6.45) is 0. The van der Waals surface area contributed by atoms with E-state index in [0.717, 1.165) is 12.1 Å². The third-order valence-electron chi connectivity index (χ3n) is 3.61. The van der Waals surface area contributed by atoms with Gasteiger partial charge in [0.25, 0.3) is 0 Å². The van der Waals surface area contributed by atoms with Crippen LogP contribution in [0.3, 0.4) is 0 Å². The summed E-state index contributed by atoms with van der Waals surface area (Å²) in [5.74, 6) is -0.0334. The molecule has 3 aromatic rings. The van der Waals surface area contributed by atoms with E-state index in [2.05, 4.69) is 4.18 Å². The first-order valence-electron chi connectivity index (χ1n) is 7.34. The lowest BCUT2D eigenvalue weighted by atomic mass is 10.0. The Morgan fingerprint density at radius 1 is 0.963 bits per heavy atom. The lowest BCUT2D eigenvalue weighted by Crippen LogP contribution is -2.28. The van der Waals surface area contributed by atoms with Crippen LogP contribution in [-0.4, -0.2) is 21.0 Å². The number of halogens is 3. The maximum Gasteiger partial charge on any atom is 0.534 e. The van der Waals surface area contributed by atoms with Gasteiger partial charge in [-0.15, -0.1) is 0 Å². The van der Waals surface area contributed by atoms with Gasteiger partial charge in [-0.25, -0.2) is 4.79 Å². The number of benzene rings is 2. The van der Waals surface area contributed by atoms with Crippen molar-refractivity contribution in [3.8, 4) is 22.6 Å². The molecular formula is C17H11F3O6S. The predicted molar refractivity (Wildman–Crippen MR) is 90.1 cm³/mol. The van der Waals surface area contributed by atoms with Crippen LogP contribution in [0.5, 0.6) is 11.5 Å². The fourth-order valence-electron chi connectivity index (χ4n) is 2.38. The van der Waals surface area contributed by atoms with E-state index in [4.69, 9.17) is 9.15 Å². The van der Waals surface area contributed by atoms with Crippen LogP contribution in [0.25, 0.3) is 22.1 Å². The van der Waals surface area contributed by atoms with E-state index in [1.807, 2.05) is 0 Å². The van der Waals surface area contributed by atoms with Crippen LogP contribution in [0, 0.1) is 0 Å². The zero-order valence-electron chi connectivity index (χ0n) is 13.6. The lowest BCUT2D eigenvalue weighted by Gasteiger charge is -2.11. The Labute approximate surface area is 150 Å². The standard InChI is InChI=1S/C17H11F3O6S/c1-24-11-4-2-10(3-5-11)14-9-16(21)25-15-8-12(6-7-13(14)15)26-27(22,23)17(18,19)20/h2-9H,1H3. The molecule has 0 fully saturated rings. The Kier molecular flexibility index (Phi) is 4.60. The van der Waals surface area contributed by atoms with Gasteiger partial charge in [0.2, 0.25) is 0 Å². The summed E-state index contributed by atoms with van der Waals surface area (Å²) in [6, 6.07) is 11.2. The number of fused-ring (bicyclic) bond motifs is 1. The van der Waals surface area contributed by atoms with E-state index >= 15 is 0 Å². The van der Waals surface area contributed by atoms with E-state index in [9.17, 15) is 26.4 Å². The predicted octanol–water partition coefficient (Wildman–Crippen LogP) is 3.70. The van der Waals surface area contributed by atoms with Gasteiger partial charge in [-0.05, 0) is 35.4 Å². The molecule has 1 heterocycles. The topological polar surface area (TPSA) is 82.8 Å². The van der Waals surface area contributed by atoms with Gasteiger partial charge >= 0.3 is 21.3 Å². The number of ether oxygens (including phenoxy) is 1. The highest BCUT2D eigenvalue weighted by molar-refractivity contribution is 7.88. The summed E-state index contributed by atoms with van der Waals surface area (Å²) >= 11 is 0. The molecule has 1 aromatic heterocycles. The highest BCUT2D eigenvalue weighted by Gasteiger charge is 2.48. The van der Waals surface area contributed by atoms with E-state index in [-0.39, 0.29) is 5.58 Å². The van der Waals surface area contributed by atoms with Gasteiger partial charge in [-0.1, -0.05) is 12.1 Å². The molecule has 0 saturated heterocycles. The van der Waals surface area contributed by atoms with E-state index in [1.54, 1.807) is 24.3 Å². The summed E-state index contributed by atoms with van der Waals surface area (Å²) in [5, 5.41) is 0.386. The van der Waals surface area contributed by atoms with Crippen molar-refractivity contribution in [2.24, 2.45) is 0 Å². The number of alkyl halides is 3. The molecule has 0 saturated carbocycles. The van der Waals surface area contributed by atoms with E-state index < -0.39 is 27.0 Å². The number of hydrogen-bond acceptors (Lipinski definition) is 6. The number of methoxy groups -OCH3 is 1. The molecule has 6 nitrogen and oxygen atoms in total. The molecule has 0 atom stereocenters. The zero-order valence-corrected chi connectivity index (χ0v) is 14.4. The summed E-state index contributed by atoms with van der Waals surface area (Å²) < 4.78 is 73.7. The molecule has 0 spiro atoms. The second-order valence-corrected chi connectivity index (χ2v) is 6.89. The Morgan fingerprint density at radius 3 is 2.19 bits per heavy atom. The van der Waals surface area contributed by atoms with Gasteiger partial charge in [0.05, 0.1) is 7.11 Å². The third kappa shape index (κ3) is 3.75. The minimum Gasteiger partial charge on any atom is -0.497 e. The van der Waals surface area contributed by atoms with Crippen molar-refractivity contribution in [2.75, 3.05) is 7.11 Å². The van der Waals surface area contributed by atoms with Crippen molar-refractivity contribution in [2.45, 2.75) is 5.51 Å². The van der Waals surface area contributed by atoms with Crippen LogP contribution in [0.2, 0.25) is 0 Å². The quantitative estimate of drug-likeness (QED) is 0.377. The normalized spacial score (nSPS) is 12.1.